The van der Waals surface area contributed by atoms with Crippen LogP contribution in [0, 0.1) is 15.9 Å². The highest BCUT2D eigenvalue weighted by atomic mass is 19.1. The zero-order valence-electron chi connectivity index (χ0n) is 15.9. The number of nitro benzene ring substituents is 1. The van der Waals surface area contributed by atoms with E-state index in [1.54, 1.807) is 31.2 Å². The first-order valence-corrected chi connectivity index (χ1v) is 9.13. The summed E-state index contributed by atoms with van der Waals surface area (Å²) in [4.78, 5) is 27.8. The van der Waals surface area contributed by atoms with Crippen molar-refractivity contribution in [2.45, 2.75) is 13.0 Å². The van der Waals surface area contributed by atoms with Gasteiger partial charge in [0.2, 0.25) is 0 Å². The largest absolute Gasteiger partial charge is 0.363 e. The Morgan fingerprint density at radius 2 is 1.79 bits per heavy atom. The van der Waals surface area contributed by atoms with E-state index in [9.17, 15) is 19.3 Å². The van der Waals surface area contributed by atoms with Crippen molar-refractivity contribution in [3.8, 4) is 0 Å². The van der Waals surface area contributed by atoms with Crippen LogP contribution in [0.15, 0.2) is 42.5 Å². The molecule has 1 aliphatic rings. The van der Waals surface area contributed by atoms with Gasteiger partial charge in [-0.15, -0.1) is 0 Å². The molecule has 1 atom stereocenters. The number of nitro groups is 1. The summed E-state index contributed by atoms with van der Waals surface area (Å²) >= 11 is 0. The van der Waals surface area contributed by atoms with Crippen LogP contribution in [-0.2, 0) is 0 Å². The first kappa shape index (κ1) is 19.8. The Balaban J connectivity index is 1.78. The van der Waals surface area contributed by atoms with Gasteiger partial charge in [-0.1, -0.05) is 12.1 Å². The minimum atomic E-state index is -0.451. The van der Waals surface area contributed by atoms with Crippen molar-refractivity contribution in [1.29, 1.82) is 0 Å². The number of anilines is 1. The van der Waals surface area contributed by atoms with Gasteiger partial charge < -0.3 is 15.1 Å². The third-order valence-electron chi connectivity index (χ3n) is 5.00. The van der Waals surface area contributed by atoms with Gasteiger partial charge in [0, 0.05) is 37.8 Å². The minimum Gasteiger partial charge on any atom is -0.363 e. The lowest BCUT2D eigenvalue weighted by molar-refractivity contribution is -0.384. The van der Waals surface area contributed by atoms with Crippen LogP contribution in [0.1, 0.15) is 28.9 Å². The summed E-state index contributed by atoms with van der Waals surface area (Å²) in [5, 5.41) is 14.4. The molecule has 148 valence electrons. The number of hydrogen-bond donors (Lipinski definition) is 1. The molecule has 1 fully saturated rings. The molecule has 1 heterocycles. The molecule has 0 unspecified atom stereocenters. The van der Waals surface area contributed by atoms with E-state index in [2.05, 4.69) is 10.2 Å². The number of rotatable bonds is 5. The third kappa shape index (κ3) is 4.45. The van der Waals surface area contributed by atoms with Crippen molar-refractivity contribution in [2.24, 2.45) is 0 Å². The van der Waals surface area contributed by atoms with Crippen molar-refractivity contribution >= 4 is 17.3 Å². The Labute approximate surface area is 162 Å². The monoisotopic (exact) mass is 386 g/mol. The molecule has 8 heteroatoms. The molecule has 0 bridgehead atoms. The fraction of sp³-hybridized carbons (Fsp3) is 0.350. The highest BCUT2D eigenvalue weighted by Crippen LogP contribution is 2.30. The molecule has 2 aromatic rings. The maximum Gasteiger partial charge on any atom is 0.293 e. The number of nitrogens with one attached hydrogen (secondary N) is 1. The number of nitrogens with zero attached hydrogens (tertiary/aromatic N) is 3. The molecule has 0 saturated carbocycles. The maximum absolute atomic E-state index is 13.1. The van der Waals surface area contributed by atoms with Gasteiger partial charge in [-0.25, -0.2) is 4.39 Å². The maximum atomic E-state index is 13.1. The summed E-state index contributed by atoms with van der Waals surface area (Å²) in [6, 6.07) is 10.1. The Hall–Kier alpha value is -3.00. The lowest BCUT2D eigenvalue weighted by Crippen LogP contribution is -2.44. The Morgan fingerprint density at radius 1 is 1.14 bits per heavy atom. The van der Waals surface area contributed by atoms with Gasteiger partial charge in [0.15, 0.2) is 0 Å². The van der Waals surface area contributed by atoms with Crippen molar-refractivity contribution in [3.05, 3.63) is 69.5 Å². The van der Waals surface area contributed by atoms with Gasteiger partial charge in [0.1, 0.15) is 11.5 Å². The van der Waals surface area contributed by atoms with E-state index in [0.717, 1.165) is 18.7 Å². The third-order valence-corrected chi connectivity index (χ3v) is 5.00. The van der Waals surface area contributed by atoms with E-state index in [1.807, 2.05) is 11.9 Å². The molecule has 0 aromatic heterocycles. The smallest absolute Gasteiger partial charge is 0.293 e. The quantitative estimate of drug-likeness (QED) is 0.631. The second-order valence-corrected chi connectivity index (χ2v) is 7.00. The SMILES string of the molecule is C[C@@H](NC(=O)c1ccc(N2CCN(C)CC2)c([N+](=O)[O-])c1)c1ccc(F)cc1. The summed E-state index contributed by atoms with van der Waals surface area (Å²) < 4.78 is 13.1. The summed E-state index contributed by atoms with van der Waals surface area (Å²) in [6.45, 7) is 4.83. The Bertz CT molecular complexity index is 864. The topological polar surface area (TPSA) is 78.7 Å². The van der Waals surface area contributed by atoms with Crippen LogP contribution in [0.5, 0.6) is 0 Å². The minimum absolute atomic E-state index is 0.0772. The lowest BCUT2D eigenvalue weighted by Gasteiger charge is -2.33. The van der Waals surface area contributed by atoms with E-state index >= 15 is 0 Å². The number of benzene rings is 2. The molecular weight excluding hydrogens is 363 g/mol. The van der Waals surface area contributed by atoms with Crippen LogP contribution < -0.4 is 10.2 Å². The van der Waals surface area contributed by atoms with Gasteiger partial charge in [0.05, 0.1) is 11.0 Å². The number of amides is 1. The molecule has 0 radical (unpaired) electrons. The van der Waals surface area contributed by atoms with Crippen LogP contribution in [-0.4, -0.2) is 49.0 Å². The molecule has 0 aliphatic carbocycles. The molecule has 2 aromatic carbocycles. The van der Waals surface area contributed by atoms with E-state index < -0.39 is 10.8 Å². The fourth-order valence-corrected chi connectivity index (χ4v) is 3.24. The second-order valence-electron chi connectivity index (χ2n) is 7.00. The summed E-state index contributed by atoms with van der Waals surface area (Å²) in [6.07, 6.45) is 0. The van der Waals surface area contributed by atoms with Crippen LogP contribution in [0.3, 0.4) is 0 Å². The van der Waals surface area contributed by atoms with Gasteiger partial charge in [-0.3, -0.25) is 14.9 Å². The molecular formula is C20H23FN4O3. The predicted octanol–water partition coefficient (Wildman–Crippen LogP) is 2.98. The van der Waals surface area contributed by atoms with E-state index in [1.165, 1.54) is 18.2 Å². The standard InChI is InChI=1S/C20H23FN4O3/c1-14(15-3-6-17(21)7-4-15)22-20(26)16-5-8-18(19(13-16)25(27)28)24-11-9-23(2)10-12-24/h3-8,13-14H,9-12H2,1-2H3,(H,22,26)/t14-/m1/s1. The summed E-state index contributed by atoms with van der Waals surface area (Å²) in [7, 11) is 2.02. The average Bonchev–Trinajstić information content (AvgIpc) is 2.68. The van der Waals surface area contributed by atoms with E-state index in [4.69, 9.17) is 0 Å². The van der Waals surface area contributed by atoms with Crippen LogP contribution in [0.25, 0.3) is 0 Å². The van der Waals surface area contributed by atoms with E-state index in [0.29, 0.717) is 18.8 Å². The number of piperazine rings is 1. The number of likely N-dealkylation sites (N-methyl/N-ethyl adjacent to an activating group) is 1. The van der Waals surface area contributed by atoms with Gasteiger partial charge in [-0.05, 0) is 43.8 Å². The molecule has 1 N–H and O–H groups in total. The Morgan fingerprint density at radius 3 is 2.39 bits per heavy atom. The van der Waals surface area contributed by atoms with Crippen molar-refractivity contribution in [1.82, 2.24) is 10.2 Å². The molecule has 28 heavy (non-hydrogen) atoms. The lowest BCUT2D eigenvalue weighted by atomic mass is 10.1. The summed E-state index contributed by atoms with van der Waals surface area (Å²) in [5.74, 6) is -0.762. The first-order valence-electron chi connectivity index (χ1n) is 9.13. The van der Waals surface area contributed by atoms with Crippen molar-refractivity contribution < 1.29 is 14.1 Å². The van der Waals surface area contributed by atoms with Crippen molar-refractivity contribution in [2.75, 3.05) is 38.1 Å². The van der Waals surface area contributed by atoms with Gasteiger partial charge in [-0.2, -0.15) is 0 Å². The van der Waals surface area contributed by atoms with Gasteiger partial charge >= 0.3 is 0 Å². The zero-order chi connectivity index (χ0) is 20.3. The zero-order valence-corrected chi connectivity index (χ0v) is 15.9. The number of hydrogen-bond acceptors (Lipinski definition) is 5. The number of carbonyl (C=O) groups excluding carboxylic acids is 1. The normalized spacial score (nSPS) is 15.9. The molecule has 3 rings (SSSR count). The molecule has 0 spiro atoms. The average molecular weight is 386 g/mol. The number of carbonyl (C=O) groups is 1. The molecule has 1 aliphatic heterocycles. The Kier molecular flexibility index (Phi) is 5.89. The number of halogens is 1. The second kappa shape index (κ2) is 8.35. The predicted molar refractivity (Wildman–Crippen MR) is 105 cm³/mol. The molecule has 7 nitrogen and oxygen atoms in total. The van der Waals surface area contributed by atoms with Crippen LogP contribution in [0.2, 0.25) is 0 Å². The van der Waals surface area contributed by atoms with Gasteiger partial charge in [0.25, 0.3) is 11.6 Å². The van der Waals surface area contributed by atoms with Crippen LogP contribution in [0.4, 0.5) is 15.8 Å². The highest BCUT2D eigenvalue weighted by molar-refractivity contribution is 5.96. The van der Waals surface area contributed by atoms with Crippen LogP contribution >= 0.6 is 0 Å². The van der Waals surface area contributed by atoms with E-state index in [-0.39, 0.29) is 23.1 Å². The molecule has 1 amide bonds. The van der Waals surface area contributed by atoms with Crippen molar-refractivity contribution in [3.63, 3.8) is 0 Å². The first-order chi connectivity index (χ1) is 13.3. The molecule has 1 saturated heterocycles. The highest BCUT2D eigenvalue weighted by Gasteiger charge is 2.24. The fourth-order valence-electron chi connectivity index (χ4n) is 3.24. The summed E-state index contributed by atoms with van der Waals surface area (Å²) in [5.41, 5.74) is 1.42.